The summed E-state index contributed by atoms with van der Waals surface area (Å²) in [6.07, 6.45) is -2.40. The van der Waals surface area contributed by atoms with Crippen LogP contribution in [0.15, 0.2) is 41.3 Å². The smallest absolute Gasteiger partial charge is 0.405 e. The zero-order valence-electron chi connectivity index (χ0n) is 22.3. The first kappa shape index (κ1) is 30.5. The summed E-state index contributed by atoms with van der Waals surface area (Å²) in [5, 5.41) is -0.550. The number of ether oxygens (including phenoxy) is 1. The van der Waals surface area contributed by atoms with Crippen LogP contribution in [0.4, 0.5) is 17.6 Å². The summed E-state index contributed by atoms with van der Waals surface area (Å²) < 4.78 is 88.5. The van der Waals surface area contributed by atoms with E-state index in [2.05, 4.69) is 4.90 Å². The first-order chi connectivity index (χ1) is 18.8. The highest BCUT2D eigenvalue weighted by atomic mass is 35.5. The van der Waals surface area contributed by atoms with Gasteiger partial charge in [0.1, 0.15) is 16.7 Å². The molecule has 0 aliphatic carbocycles. The van der Waals surface area contributed by atoms with Gasteiger partial charge in [0.15, 0.2) is 5.82 Å². The summed E-state index contributed by atoms with van der Waals surface area (Å²) >= 11 is 5.65. The molecule has 2 unspecified atom stereocenters. The Morgan fingerprint density at radius 1 is 1.15 bits per heavy atom. The molecule has 0 radical (unpaired) electrons. The van der Waals surface area contributed by atoms with Crippen LogP contribution in [0.3, 0.4) is 0 Å². The number of likely N-dealkylation sites (tertiary alicyclic amines) is 1. The molecule has 2 aliphatic heterocycles. The molecule has 2 aliphatic rings. The van der Waals surface area contributed by atoms with Crippen molar-refractivity contribution < 1.29 is 35.5 Å². The van der Waals surface area contributed by atoms with Crippen LogP contribution in [-0.4, -0.2) is 74.4 Å². The molecule has 2 heterocycles. The molecule has 40 heavy (non-hydrogen) atoms. The van der Waals surface area contributed by atoms with Crippen LogP contribution in [-0.2, 0) is 21.4 Å². The Bertz CT molecular complexity index is 1340. The largest absolute Gasteiger partial charge is 0.493 e. The van der Waals surface area contributed by atoms with Crippen molar-refractivity contribution in [2.45, 2.75) is 61.8 Å². The van der Waals surface area contributed by atoms with Crippen LogP contribution in [0.25, 0.3) is 0 Å². The van der Waals surface area contributed by atoms with Crippen molar-refractivity contribution in [3.05, 3.63) is 58.4 Å². The number of nitrogens with zero attached hydrogens (tertiary/aromatic N) is 3. The monoisotopic (exact) mass is 605 g/mol. The number of benzene rings is 2. The number of hydrogen-bond acceptors (Lipinski definition) is 5. The second-order valence-electron chi connectivity index (χ2n) is 10.2. The standard InChI is InChI=1S/C27H32ClF4N3O4S/c1-33(21-11-14-39-22-15-18(9-10-19(21)22)17-35-12-4-3-5-13-35)25(36)16-24(27(30,31)32)34(2)40(37,38)23-8-6-7-20(28)26(23)29/h6-10,15,21,24H,3-5,11-14,16-17H2,1-2H3. The highest BCUT2D eigenvalue weighted by Crippen LogP contribution is 2.38. The average molecular weight is 606 g/mol. The van der Waals surface area contributed by atoms with Gasteiger partial charge >= 0.3 is 6.18 Å². The molecule has 13 heteroatoms. The lowest BCUT2D eigenvalue weighted by Crippen LogP contribution is -2.49. The first-order valence-corrected chi connectivity index (χ1v) is 14.8. The minimum absolute atomic E-state index is 0.0156. The van der Waals surface area contributed by atoms with Crippen LogP contribution in [0, 0.1) is 5.82 Å². The number of carbonyl (C=O) groups is 1. The molecule has 1 amide bonds. The summed E-state index contributed by atoms with van der Waals surface area (Å²) in [6.45, 7) is 3.07. The number of hydrogen-bond donors (Lipinski definition) is 0. The summed E-state index contributed by atoms with van der Waals surface area (Å²) in [5.74, 6) is -1.70. The summed E-state index contributed by atoms with van der Waals surface area (Å²) in [5.41, 5.74) is 1.72. The van der Waals surface area contributed by atoms with E-state index in [0.29, 0.717) is 24.8 Å². The van der Waals surface area contributed by atoms with Gasteiger partial charge in [-0.05, 0) is 49.7 Å². The molecule has 1 saturated heterocycles. The number of sulfonamides is 1. The number of piperidine rings is 1. The second-order valence-corrected chi connectivity index (χ2v) is 12.6. The van der Waals surface area contributed by atoms with Crippen LogP contribution in [0.1, 0.15) is 49.3 Å². The fourth-order valence-corrected chi connectivity index (χ4v) is 6.89. The van der Waals surface area contributed by atoms with E-state index in [1.54, 1.807) is 0 Å². The predicted octanol–water partition coefficient (Wildman–Crippen LogP) is 5.39. The zero-order valence-corrected chi connectivity index (χ0v) is 23.8. The third-order valence-electron chi connectivity index (χ3n) is 7.56. The third-order valence-corrected chi connectivity index (χ3v) is 9.74. The molecule has 0 saturated carbocycles. The van der Waals surface area contributed by atoms with E-state index < -0.39 is 56.3 Å². The first-order valence-electron chi connectivity index (χ1n) is 13.0. The Labute approximate surface area is 236 Å². The van der Waals surface area contributed by atoms with Crippen LogP contribution in [0.2, 0.25) is 5.02 Å². The summed E-state index contributed by atoms with van der Waals surface area (Å²) in [6, 6.07) is 5.43. The molecule has 0 bridgehead atoms. The van der Waals surface area contributed by atoms with E-state index in [9.17, 15) is 30.8 Å². The summed E-state index contributed by atoms with van der Waals surface area (Å²) in [4.78, 5) is 15.7. The quantitative estimate of drug-likeness (QED) is 0.378. The van der Waals surface area contributed by atoms with Crippen molar-refractivity contribution in [2.24, 2.45) is 0 Å². The molecular formula is C27H32ClF4N3O4S. The molecular weight excluding hydrogens is 574 g/mol. The summed E-state index contributed by atoms with van der Waals surface area (Å²) in [7, 11) is -2.91. The van der Waals surface area contributed by atoms with Crippen molar-refractivity contribution >= 4 is 27.5 Å². The molecule has 2 atom stereocenters. The molecule has 0 N–H and O–H groups in total. The molecule has 2 aromatic rings. The van der Waals surface area contributed by atoms with Gasteiger partial charge in [0.25, 0.3) is 0 Å². The van der Waals surface area contributed by atoms with Crippen LogP contribution >= 0.6 is 11.6 Å². The molecule has 1 fully saturated rings. The van der Waals surface area contributed by atoms with Crippen molar-refractivity contribution in [1.29, 1.82) is 0 Å². The number of fused-ring (bicyclic) bond motifs is 1. The number of halogens is 5. The average Bonchev–Trinajstić information content (AvgIpc) is 2.91. The topological polar surface area (TPSA) is 70.2 Å². The number of carbonyl (C=O) groups excluding carboxylic acids is 1. The van der Waals surface area contributed by atoms with Gasteiger partial charge in [-0.1, -0.05) is 36.2 Å². The number of rotatable bonds is 8. The maximum atomic E-state index is 14.4. The van der Waals surface area contributed by atoms with Crippen molar-refractivity contribution in [3.63, 3.8) is 0 Å². The third kappa shape index (κ3) is 6.56. The van der Waals surface area contributed by atoms with Crippen molar-refractivity contribution in [1.82, 2.24) is 14.1 Å². The predicted molar refractivity (Wildman–Crippen MR) is 142 cm³/mol. The van der Waals surface area contributed by atoms with E-state index in [0.717, 1.165) is 56.2 Å². The molecule has 2 aromatic carbocycles. The lowest BCUT2D eigenvalue weighted by molar-refractivity contribution is -0.176. The van der Waals surface area contributed by atoms with E-state index in [4.69, 9.17) is 16.3 Å². The molecule has 4 rings (SSSR count). The Morgan fingerprint density at radius 2 is 1.85 bits per heavy atom. The molecule has 0 spiro atoms. The Balaban J connectivity index is 1.53. The SMILES string of the molecule is CN(C(=O)CC(N(C)S(=O)(=O)c1cccc(Cl)c1F)C(F)(F)F)C1CCOc2cc(CN3CCCCC3)ccc21. The van der Waals surface area contributed by atoms with Gasteiger partial charge in [-0.3, -0.25) is 9.69 Å². The normalized spacial score (nSPS) is 19.1. The second kappa shape index (κ2) is 12.2. The van der Waals surface area contributed by atoms with Gasteiger partial charge in [0.2, 0.25) is 15.9 Å². The number of amides is 1. The van der Waals surface area contributed by atoms with Crippen LogP contribution in [0.5, 0.6) is 5.75 Å². The number of alkyl halides is 3. The molecule has 0 aromatic heterocycles. The van der Waals surface area contributed by atoms with Gasteiger partial charge in [-0.15, -0.1) is 0 Å². The molecule has 220 valence electrons. The minimum atomic E-state index is -5.11. The minimum Gasteiger partial charge on any atom is -0.493 e. The van der Waals surface area contributed by atoms with E-state index >= 15 is 0 Å². The van der Waals surface area contributed by atoms with Gasteiger partial charge in [0.05, 0.1) is 24.1 Å². The van der Waals surface area contributed by atoms with E-state index in [1.807, 2.05) is 18.2 Å². The van der Waals surface area contributed by atoms with Crippen LogP contribution < -0.4 is 4.74 Å². The Morgan fingerprint density at radius 3 is 2.52 bits per heavy atom. The van der Waals surface area contributed by atoms with E-state index in [-0.39, 0.29) is 10.9 Å². The fraction of sp³-hybridized carbons (Fsp3) is 0.519. The lowest BCUT2D eigenvalue weighted by Gasteiger charge is -2.36. The van der Waals surface area contributed by atoms with Gasteiger partial charge in [-0.25, -0.2) is 12.8 Å². The van der Waals surface area contributed by atoms with Gasteiger partial charge < -0.3 is 9.64 Å². The van der Waals surface area contributed by atoms with E-state index in [1.165, 1.54) is 18.4 Å². The van der Waals surface area contributed by atoms with Gasteiger partial charge in [0, 0.05) is 32.6 Å². The molecule has 7 nitrogen and oxygen atoms in total. The Hall–Kier alpha value is -2.41. The zero-order chi connectivity index (χ0) is 29.2. The highest BCUT2D eigenvalue weighted by molar-refractivity contribution is 7.89. The maximum absolute atomic E-state index is 14.4. The Kier molecular flexibility index (Phi) is 9.33. The van der Waals surface area contributed by atoms with Crippen molar-refractivity contribution in [3.8, 4) is 5.75 Å². The lowest BCUT2D eigenvalue weighted by atomic mass is 9.96. The fourth-order valence-electron chi connectivity index (χ4n) is 5.23. The van der Waals surface area contributed by atoms with Crippen molar-refractivity contribution in [2.75, 3.05) is 33.8 Å². The van der Waals surface area contributed by atoms with Gasteiger partial charge in [-0.2, -0.15) is 17.5 Å². The highest BCUT2D eigenvalue weighted by Gasteiger charge is 2.49. The maximum Gasteiger partial charge on any atom is 0.405 e.